The standard InChI is InChI=1S/C20H23N3O/c1-15-12-20(24-3)16(2)11-18(15)9-10-19-14-23(22-21-19)13-17-7-5-4-6-8-17/h4-8,11-12,14H,9-10,13H2,1-3H3. The third kappa shape index (κ3) is 3.82. The zero-order chi connectivity index (χ0) is 16.9. The molecule has 3 aromatic rings. The highest BCUT2D eigenvalue weighted by Crippen LogP contribution is 2.23. The number of aryl methyl sites for hydroxylation is 4. The van der Waals surface area contributed by atoms with Crippen LogP contribution >= 0.6 is 0 Å². The van der Waals surface area contributed by atoms with Gasteiger partial charge in [-0.15, -0.1) is 5.10 Å². The minimum absolute atomic E-state index is 0.758. The summed E-state index contributed by atoms with van der Waals surface area (Å²) in [6.07, 6.45) is 3.89. The molecular formula is C20H23N3O. The first-order chi connectivity index (χ1) is 11.7. The molecule has 0 atom stereocenters. The summed E-state index contributed by atoms with van der Waals surface area (Å²) in [4.78, 5) is 0. The van der Waals surface area contributed by atoms with Crippen LogP contribution in [-0.2, 0) is 19.4 Å². The molecule has 3 rings (SSSR count). The molecule has 0 N–H and O–H groups in total. The first kappa shape index (κ1) is 16.2. The molecule has 0 bridgehead atoms. The zero-order valence-electron chi connectivity index (χ0n) is 14.5. The van der Waals surface area contributed by atoms with Crippen molar-refractivity contribution < 1.29 is 4.74 Å². The number of aromatic nitrogens is 3. The minimum Gasteiger partial charge on any atom is -0.496 e. The number of ether oxygens (including phenoxy) is 1. The first-order valence-corrected chi connectivity index (χ1v) is 8.23. The third-order valence-corrected chi connectivity index (χ3v) is 4.28. The van der Waals surface area contributed by atoms with E-state index in [1.807, 2.05) is 29.1 Å². The van der Waals surface area contributed by atoms with Crippen molar-refractivity contribution in [1.29, 1.82) is 0 Å². The van der Waals surface area contributed by atoms with Crippen molar-refractivity contribution >= 4 is 0 Å². The summed E-state index contributed by atoms with van der Waals surface area (Å²) >= 11 is 0. The van der Waals surface area contributed by atoms with Crippen molar-refractivity contribution in [3.63, 3.8) is 0 Å². The van der Waals surface area contributed by atoms with E-state index in [1.54, 1.807) is 7.11 Å². The Balaban J connectivity index is 1.64. The maximum Gasteiger partial charge on any atom is 0.122 e. The van der Waals surface area contributed by atoms with Gasteiger partial charge in [0.05, 0.1) is 19.3 Å². The fraction of sp³-hybridized carbons (Fsp3) is 0.300. The van der Waals surface area contributed by atoms with Crippen molar-refractivity contribution in [1.82, 2.24) is 15.0 Å². The van der Waals surface area contributed by atoms with E-state index in [1.165, 1.54) is 22.3 Å². The Bertz CT molecular complexity index is 809. The van der Waals surface area contributed by atoms with Crippen LogP contribution < -0.4 is 4.74 Å². The number of methoxy groups -OCH3 is 1. The smallest absolute Gasteiger partial charge is 0.122 e. The van der Waals surface area contributed by atoms with Crippen LogP contribution in [0.2, 0.25) is 0 Å². The molecule has 4 nitrogen and oxygen atoms in total. The molecular weight excluding hydrogens is 298 g/mol. The van der Waals surface area contributed by atoms with E-state index in [4.69, 9.17) is 4.74 Å². The van der Waals surface area contributed by atoms with Gasteiger partial charge in [0.15, 0.2) is 0 Å². The Labute approximate surface area is 143 Å². The molecule has 2 aromatic carbocycles. The number of benzene rings is 2. The van der Waals surface area contributed by atoms with E-state index in [0.29, 0.717) is 0 Å². The fourth-order valence-electron chi connectivity index (χ4n) is 2.90. The molecule has 0 aliphatic carbocycles. The molecule has 0 unspecified atom stereocenters. The summed E-state index contributed by atoms with van der Waals surface area (Å²) in [6.45, 7) is 4.97. The normalized spacial score (nSPS) is 10.8. The Morgan fingerprint density at radius 2 is 1.79 bits per heavy atom. The molecule has 0 aliphatic heterocycles. The van der Waals surface area contributed by atoms with Crippen molar-refractivity contribution in [3.8, 4) is 5.75 Å². The van der Waals surface area contributed by atoms with Gasteiger partial charge in [-0.05, 0) is 55.0 Å². The number of nitrogens with zero attached hydrogens (tertiary/aromatic N) is 3. The molecule has 0 fully saturated rings. The van der Waals surface area contributed by atoms with Crippen LogP contribution in [0.4, 0.5) is 0 Å². The summed E-state index contributed by atoms with van der Waals surface area (Å²) in [6, 6.07) is 14.6. The molecule has 124 valence electrons. The highest BCUT2D eigenvalue weighted by molar-refractivity contribution is 5.41. The SMILES string of the molecule is COc1cc(C)c(CCc2cn(Cc3ccccc3)nn2)cc1C. The molecule has 24 heavy (non-hydrogen) atoms. The molecule has 1 heterocycles. The Morgan fingerprint density at radius 1 is 1.00 bits per heavy atom. The van der Waals surface area contributed by atoms with Crippen LogP contribution in [0.25, 0.3) is 0 Å². The van der Waals surface area contributed by atoms with E-state index in [0.717, 1.165) is 30.8 Å². The summed E-state index contributed by atoms with van der Waals surface area (Å²) in [5, 5.41) is 8.54. The molecule has 0 radical (unpaired) electrons. The minimum atomic E-state index is 0.758. The van der Waals surface area contributed by atoms with Gasteiger partial charge < -0.3 is 4.74 Å². The van der Waals surface area contributed by atoms with Crippen molar-refractivity contribution in [2.24, 2.45) is 0 Å². The lowest BCUT2D eigenvalue weighted by atomic mass is 10.00. The van der Waals surface area contributed by atoms with Crippen LogP contribution in [0.5, 0.6) is 5.75 Å². The molecule has 0 aliphatic rings. The van der Waals surface area contributed by atoms with Crippen LogP contribution in [-0.4, -0.2) is 22.1 Å². The highest BCUT2D eigenvalue weighted by Gasteiger charge is 2.07. The quantitative estimate of drug-likeness (QED) is 0.694. The van der Waals surface area contributed by atoms with Crippen molar-refractivity contribution in [2.45, 2.75) is 33.2 Å². The third-order valence-electron chi connectivity index (χ3n) is 4.28. The average molecular weight is 321 g/mol. The van der Waals surface area contributed by atoms with E-state index in [9.17, 15) is 0 Å². The van der Waals surface area contributed by atoms with Gasteiger partial charge in [-0.1, -0.05) is 41.6 Å². The summed E-state index contributed by atoms with van der Waals surface area (Å²) in [7, 11) is 1.71. The lowest BCUT2D eigenvalue weighted by Crippen LogP contribution is -2.00. The number of rotatable bonds is 6. The van der Waals surface area contributed by atoms with Gasteiger partial charge in [0.25, 0.3) is 0 Å². The fourth-order valence-corrected chi connectivity index (χ4v) is 2.90. The second-order valence-corrected chi connectivity index (χ2v) is 6.14. The van der Waals surface area contributed by atoms with E-state index < -0.39 is 0 Å². The van der Waals surface area contributed by atoms with E-state index in [-0.39, 0.29) is 0 Å². The lowest BCUT2D eigenvalue weighted by Gasteiger charge is -2.10. The highest BCUT2D eigenvalue weighted by atomic mass is 16.5. The second kappa shape index (κ2) is 7.30. The summed E-state index contributed by atoms with van der Waals surface area (Å²) in [5.41, 5.74) is 6.03. The maximum absolute atomic E-state index is 5.38. The summed E-state index contributed by atoms with van der Waals surface area (Å²) < 4.78 is 7.28. The van der Waals surface area contributed by atoms with Crippen LogP contribution in [0.3, 0.4) is 0 Å². The van der Waals surface area contributed by atoms with Gasteiger partial charge in [-0.2, -0.15) is 0 Å². The Morgan fingerprint density at radius 3 is 2.54 bits per heavy atom. The monoisotopic (exact) mass is 321 g/mol. The second-order valence-electron chi connectivity index (χ2n) is 6.14. The number of hydrogen-bond donors (Lipinski definition) is 0. The van der Waals surface area contributed by atoms with Crippen molar-refractivity contribution in [3.05, 3.63) is 76.6 Å². The largest absolute Gasteiger partial charge is 0.496 e. The zero-order valence-corrected chi connectivity index (χ0v) is 14.5. The van der Waals surface area contributed by atoms with Gasteiger partial charge in [0, 0.05) is 6.20 Å². The summed E-state index contributed by atoms with van der Waals surface area (Å²) in [5.74, 6) is 0.949. The van der Waals surface area contributed by atoms with E-state index in [2.05, 4.69) is 48.4 Å². The van der Waals surface area contributed by atoms with Gasteiger partial charge in [-0.3, -0.25) is 0 Å². The maximum atomic E-state index is 5.38. The Hall–Kier alpha value is -2.62. The molecule has 0 spiro atoms. The van der Waals surface area contributed by atoms with Crippen molar-refractivity contribution in [2.75, 3.05) is 7.11 Å². The van der Waals surface area contributed by atoms with Crippen LogP contribution in [0.1, 0.15) is 27.9 Å². The van der Waals surface area contributed by atoms with Gasteiger partial charge in [0.2, 0.25) is 0 Å². The molecule has 4 heteroatoms. The molecule has 0 saturated carbocycles. The Kier molecular flexibility index (Phi) is 4.94. The topological polar surface area (TPSA) is 39.9 Å². The molecule has 0 amide bonds. The molecule has 1 aromatic heterocycles. The van der Waals surface area contributed by atoms with Crippen LogP contribution in [0, 0.1) is 13.8 Å². The van der Waals surface area contributed by atoms with Crippen LogP contribution in [0.15, 0.2) is 48.7 Å². The van der Waals surface area contributed by atoms with Gasteiger partial charge >= 0.3 is 0 Å². The number of hydrogen-bond acceptors (Lipinski definition) is 3. The average Bonchev–Trinajstić information content (AvgIpc) is 3.03. The lowest BCUT2D eigenvalue weighted by molar-refractivity contribution is 0.411. The predicted octanol–water partition coefficient (Wildman–Crippen LogP) is 3.74. The molecule has 0 saturated heterocycles. The predicted molar refractivity (Wildman–Crippen MR) is 95.4 cm³/mol. The van der Waals surface area contributed by atoms with Gasteiger partial charge in [0.1, 0.15) is 5.75 Å². The van der Waals surface area contributed by atoms with Gasteiger partial charge in [-0.25, -0.2) is 4.68 Å². The van der Waals surface area contributed by atoms with E-state index >= 15 is 0 Å². The first-order valence-electron chi connectivity index (χ1n) is 8.23.